The van der Waals surface area contributed by atoms with E-state index in [1.165, 1.54) is 11.3 Å². The van der Waals surface area contributed by atoms with Gasteiger partial charge in [-0.15, -0.1) is 11.3 Å². The highest BCUT2D eigenvalue weighted by molar-refractivity contribution is 7.07. The van der Waals surface area contributed by atoms with Gasteiger partial charge in [0, 0.05) is 5.38 Å². The second-order valence-corrected chi connectivity index (χ2v) is 3.34. The molecule has 1 aromatic heterocycles. The van der Waals surface area contributed by atoms with Crippen LogP contribution >= 0.6 is 11.3 Å². The van der Waals surface area contributed by atoms with Gasteiger partial charge in [-0.25, -0.2) is 9.78 Å². The van der Waals surface area contributed by atoms with Crippen LogP contribution in [0, 0.1) is 0 Å². The Kier molecular flexibility index (Phi) is 1.97. The number of carbonyl (C=O) groups excluding carboxylic acids is 2. The standard InChI is InChI=1S/C7H7N3O2S/c11-6-1-8-7(12)10(6)2-5-3-13-4-9-5/h3-4H,1-2H2,(H,8,12). The average Bonchev–Trinajstić information content (AvgIpc) is 2.70. The molecule has 0 spiro atoms. The number of nitrogens with zero attached hydrogens (tertiary/aromatic N) is 2. The summed E-state index contributed by atoms with van der Waals surface area (Å²) in [6, 6.07) is -0.335. The number of hydrogen-bond acceptors (Lipinski definition) is 4. The predicted octanol–water partition coefficient (Wildman–Crippen LogP) is 0.195. The number of aromatic nitrogens is 1. The Balaban J connectivity index is 2.09. The van der Waals surface area contributed by atoms with Crippen LogP contribution in [0.3, 0.4) is 0 Å². The van der Waals surface area contributed by atoms with Crippen molar-refractivity contribution in [2.75, 3.05) is 6.54 Å². The smallest absolute Gasteiger partial charge is 0.324 e. The molecule has 1 N–H and O–H groups in total. The minimum Gasteiger partial charge on any atom is -0.329 e. The monoisotopic (exact) mass is 197 g/mol. The van der Waals surface area contributed by atoms with Crippen LogP contribution in [0.4, 0.5) is 4.79 Å². The molecule has 5 nitrogen and oxygen atoms in total. The summed E-state index contributed by atoms with van der Waals surface area (Å²) >= 11 is 1.44. The molecule has 68 valence electrons. The van der Waals surface area contributed by atoms with Gasteiger partial charge in [-0.3, -0.25) is 9.69 Å². The second-order valence-electron chi connectivity index (χ2n) is 2.62. The van der Waals surface area contributed by atoms with Gasteiger partial charge in [-0.2, -0.15) is 0 Å². The van der Waals surface area contributed by atoms with Crippen molar-refractivity contribution >= 4 is 23.3 Å². The molecular weight excluding hydrogens is 190 g/mol. The van der Waals surface area contributed by atoms with Gasteiger partial charge in [0.2, 0.25) is 5.91 Å². The van der Waals surface area contributed by atoms with Gasteiger partial charge in [0.05, 0.1) is 24.3 Å². The Morgan fingerprint density at radius 1 is 1.62 bits per heavy atom. The lowest BCUT2D eigenvalue weighted by molar-refractivity contribution is -0.125. The lowest BCUT2D eigenvalue weighted by Crippen LogP contribution is -2.30. The van der Waals surface area contributed by atoms with Crippen LogP contribution in [0.5, 0.6) is 0 Å². The summed E-state index contributed by atoms with van der Waals surface area (Å²) in [6.45, 7) is 0.372. The van der Waals surface area contributed by atoms with Crippen molar-refractivity contribution in [2.24, 2.45) is 0 Å². The zero-order valence-electron chi connectivity index (χ0n) is 6.69. The first kappa shape index (κ1) is 8.18. The average molecular weight is 197 g/mol. The lowest BCUT2D eigenvalue weighted by atomic mass is 10.4. The van der Waals surface area contributed by atoms with Gasteiger partial charge in [-0.1, -0.05) is 0 Å². The number of amides is 3. The maximum absolute atomic E-state index is 11.1. The van der Waals surface area contributed by atoms with Gasteiger partial charge >= 0.3 is 6.03 Å². The molecule has 2 rings (SSSR count). The van der Waals surface area contributed by atoms with Crippen molar-refractivity contribution in [3.63, 3.8) is 0 Å². The van der Waals surface area contributed by atoms with Crippen LogP contribution in [-0.4, -0.2) is 28.4 Å². The van der Waals surface area contributed by atoms with Crippen LogP contribution in [0.15, 0.2) is 10.9 Å². The van der Waals surface area contributed by atoms with Gasteiger partial charge in [0.1, 0.15) is 0 Å². The summed E-state index contributed by atoms with van der Waals surface area (Å²) < 4.78 is 0. The molecule has 0 radical (unpaired) electrons. The Morgan fingerprint density at radius 3 is 3.00 bits per heavy atom. The van der Waals surface area contributed by atoms with E-state index in [-0.39, 0.29) is 25.0 Å². The molecule has 0 atom stereocenters. The summed E-state index contributed by atoms with van der Waals surface area (Å²) in [5, 5.41) is 4.26. The summed E-state index contributed by atoms with van der Waals surface area (Å²) in [5.41, 5.74) is 2.42. The Morgan fingerprint density at radius 2 is 2.46 bits per heavy atom. The minimum absolute atomic E-state index is 0.100. The molecular formula is C7H7N3O2S. The van der Waals surface area contributed by atoms with Crippen LogP contribution in [0.25, 0.3) is 0 Å². The molecule has 2 heterocycles. The molecule has 0 unspecified atom stereocenters. The number of thiazole rings is 1. The maximum atomic E-state index is 11.1. The van der Waals surface area contributed by atoms with E-state index in [9.17, 15) is 9.59 Å². The third-order valence-corrected chi connectivity index (χ3v) is 2.38. The number of imide groups is 1. The largest absolute Gasteiger partial charge is 0.329 e. The van der Waals surface area contributed by atoms with Gasteiger partial charge in [0.25, 0.3) is 0 Å². The number of urea groups is 1. The van der Waals surface area contributed by atoms with Crippen molar-refractivity contribution in [2.45, 2.75) is 6.54 Å². The molecule has 1 aromatic rings. The molecule has 6 heteroatoms. The van der Waals surface area contributed by atoms with Crippen LogP contribution in [0.2, 0.25) is 0 Å². The van der Waals surface area contributed by atoms with E-state index in [4.69, 9.17) is 0 Å². The number of hydrogen-bond donors (Lipinski definition) is 1. The van der Waals surface area contributed by atoms with Crippen LogP contribution < -0.4 is 5.32 Å². The molecule has 0 bridgehead atoms. The van der Waals surface area contributed by atoms with Gasteiger partial charge < -0.3 is 5.32 Å². The molecule has 0 aromatic carbocycles. The van der Waals surface area contributed by atoms with E-state index in [0.29, 0.717) is 0 Å². The highest BCUT2D eigenvalue weighted by Crippen LogP contribution is 2.08. The fourth-order valence-electron chi connectivity index (χ4n) is 1.09. The molecule has 3 amide bonds. The Bertz CT molecular complexity index is 320. The molecule has 0 saturated carbocycles. The molecule has 1 aliphatic heterocycles. The normalized spacial score (nSPS) is 16.5. The van der Waals surface area contributed by atoms with Crippen molar-refractivity contribution in [1.29, 1.82) is 0 Å². The van der Waals surface area contributed by atoms with E-state index in [0.717, 1.165) is 10.6 Å². The highest BCUT2D eigenvalue weighted by Gasteiger charge is 2.28. The van der Waals surface area contributed by atoms with E-state index >= 15 is 0 Å². The van der Waals surface area contributed by atoms with Gasteiger partial charge in [-0.05, 0) is 0 Å². The van der Waals surface area contributed by atoms with E-state index in [1.54, 1.807) is 5.51 Å². The Labute approximate surface area is 78.4 Å². The minimum atomic E-state index is -0.335. The number of carbonyl (C=O) groups is 2. The fraction of sp³-hybridized carbons (Fsp3) is 0.286. The zero-order chi connectivity index (χ0) is 9.26. The number of nitrogens with one attached hydrogen (secondary N) is 1. The third-order valence-electron chi connectivity index (χ3n) is 1.74. The molecule has 1 saturated heterocycles. The third kappa shape index (κ3) is 1.52. The zero-order valence-corrected chi connectivity index (χ0v) is 7.50. The van der Waals surface area contributed by atoms with Crippen LogP contribution in [-0.2, 0) is 11.3 Å². The number of rotatable bonds is 2. The summed E-state index contributed by atoms with van der Waals surface area (Å²) in [5.74, 6) is -0.196. The molecule has 1 fully saturated rings. The summed E-state index contributed by atoms with van der Waals surface area (Å²) in [6.07, 6.45) is 0. The summed E-state index contributed by atoms with van der Waals surface area (Å²) in [7, 11) is 0. The van der Waals surface area contributed by atoms with Crippen molar-refractivity contribution < 1.29 is 9.59 Å². The van der Waals surface area contributed by atoms with Crippen molar-refractivity contribution in [3.05, 3.63) is 16.6 Å². The molecule has 1 aliphatic rings. The van der Waals surface area contributed by atoms with Crippen molar-refractivity contribution in [3.8, 4) is 0 Å². The second kappa shape index (κ2) is 3.14. The highest BCUT2D eigenvalue weighted by atomic mass is 32.1. The molecule has 0 aliphatic carbocycles. The fourth-order valence-corrected chi connectivity index (χ4v) is 1.64. The van der Waals surface area contributed by atoms with E-state index in [1.807, 2.05) is 5.38 Å². The van der Waals surface area contributed by atoms with Crippen LogP contribution in [0.1, 0.15) is 5.69 Å². The Hall–Kier alpha value is -1.43. The van der Waals surface area contributed by atoms with Crippen molar-refractivity contribution in [1.82, 2.24) is 15.2 Å². The topological polar surface area (TPSA) is 62.3 Å². The summed E-state index contributed by atoms with van der Waals surface area (Å²) in [4.78, 5) is 27.4. The lowest BCUT2D eigenvalue weighted by Gasteiger charge is -2.09. The van der Waals surface area contributed by atoms with E-state index in [2.05, 4.69) is 10.3 Å². The molecule has 13 heavy (non-hydrogen) atoms. The van der Waals surface area contributed by atoms with E-state index < -0.39 is 0 Å². The quantitative estimate of drug-likeness (QED) is 0.689. The maximum Gasteiger partial charge on any atom is 0.324 e. The van der Waals surface area contributed by atoms with Gasteiger partial charge in [0.15, 0.2) is 0 Å². The first-order valence-electron chi connectivity index (χ1n) is 3.72. The SMILES string of the molecule is O=C1CNC(=O)N1Cc1cscn1. The first-order chi connectivity index (χ1) is 6.27. The predicted molar refractivity (Wildman–Crippen MR) is 46.1 cm³/mol. The first-order valence-corrected chi connectivity index (χ1v) is 4.67.